The van der Waals surface area contributed by atoms with Gasteiger partial charge in [0.05, 0.1) is 0 Å². The zero-order chi connectivity index (χ0) is 10.5. The molecule has 0 aliphatic heterocycles. The zero-order valence-corrected chi connectivity index (χ0v) is 9.67. The standard InChI is InChI=1S/C12H9NOSe/c14-12-9-5-4-8-11(12)13-15-10-6-2-1-3-7-10/h1-9H/b13-11-. The summed E-state index contributed by atoms with van der Waals surface area (Å²) in [6.45, 7) is 0. The molecule has 0 atom stereocenters. The molecule has 1 aliphatic rings. The van der Waals surface area contributed by atoms with E-state index in [1.165, 1.54) is 4.46 Å². The molecular weight excluding hydrogens is 253 g/mol. The van der Waals surface area contributed by atoms with Crippen molar-refractivity contribution in [1.29, 1.82) is 0 Å². The average molecular weight is 262 g/mol. The molecule has 0 saturated heterocycles. The van der Waals surface area contributed by atoms with Gasteiger partial charge in [0.25, 0.3) is 0 Å². The molecule has 0 heterocycles. The van der Waals surface area contributed by atoms with Gasteiger partial charge in [-0.05, 0) is 0 Å². The first kappa shape index (κ1) is 10.1. The van der Waals surface area contributed by atoms with Crippen molar-refractivity contribution in [3.05, 3.63) is 54.6 Å². The fourth-order valence-corrected chi connectivity index (χ4v) is 2.44. The van der Waals surface area contributed by atoms with Gasteiger partial charge >= 0.3 is 94.6 Å². The zero-order valence-electron chi connectivity index (χ0n) is 7.96. The van der Waals surface area contributed by atoms with Crippen LogP contribution in [0.5, 0.6) is 0 Å². The fourth-order valence-electron chi connectivity index (χ4n) is 1.12. The molecule has 2 rings (SSSR count). The van der Waals surface area contributed by atoms with Crippen LogP contribution in [0.2, 0.25) is 0 Å². The molecular formula is C12H9NOSe. The van der Waals surface area contributed by atoms with Gasteiger partial charge in [-0.1, -0.05) is 0 Å². The summed E-state index contributed by atoms with van der Waals surface area (Å²) in [6.07, 6.45) is 6.87. The van der Waals surface area contributed by atoms with E-state index >= 15 is 0 Å². The summed E-state index contributed by atoms with van der Waals surface area (Å²) in [6, 6.07) is 9.99. The van der Waals surface area contributed by atoms with E-state index in [0.717, 1.165) is 0 Å². The summed E-state index contributed by atoms with van der Waals surface area (Å²) in [5, 5.41) is 0. The Bertz CT molecular complexity index is 446. The topological polar surface area (TPSA) is 29.4 Å². The van der Waals surface area contributed by atoms with Crippen LogP contribution < -0.4 is 4.46 Å². The Morgan fingerprint density at radius 3 is 2.47 bits per heavy atom. The Labute approximate surface area is 94.8 Å². The molecule has 15 heavy (non-hydrogen) atoms. The van der Waals surface area contributed by atoms with Crippen molar-refractivity contribution < 1.29 is 4.79 Å². The molecule has 0 aromatic heterocycles. The van der Waals surface area contributed by atoms with Gasteiger partial charge in [0.1, 0.15) is 0 Å². The van der Waals surface area contributed by atoms with E-state index in [2.05, 4.69) is 4.01 Å². The predicted molar refractivity (Wildman–Crippen MR) is 62.6 cm³/mol. The van der Waals surface area contributed by atoms with Crippen LogP contribution in [0.1, 0.15) is 0 Å². The molecule has 0 saturated carbocycles. The summed E-state index contributed by atoms with van der Waals surface area (Å²) in [5.41, 5.74) is 0.557. The SMILES string of the molecule is O=C1C=CC=C/C1=N/[Se]c1ccccc1. The first-order chi connectivity index (χ1) is 7.36. The van der Waals surface area contributed by atoms with Gasteiger partial charge in [-0.2, -0.15) is 0 Å². The summed E-state index contributed by atoms with van der Waals surface area (Å²) in [4.78, 5) is 11.4. The van der Waals surface area contributed by atoms with Crippen LogP contribution in [0, 0.1) is 0 Å². The maximum absolute atomic E-state index is 11.4. The minimum atomic E-state index is -0.0121. The number of rotatable bonds is 2. The second kappa shape index (κ2) is 4.87. The first-order valence-electron chi connectivity index (χ1n) is 4.55. The molecule has 0 bridgehead atoms. The van der Waals surface area contributed by atoms with Gasteiger partial charge < -0.3 is 0 Å². The van der Waals surface area contributed by atoms with Crippen LogP contribution in [0.15, 0.2) is 58.6 Å². The fraction of sp³-hybridized carbons (Fsp3) is 0. The van der Waals surface area contributed by atoms with Crippen LogP contribution in [-0.2, 0) is 4.79 Å². The number of allylic oxidation sites excluding steroid dienone is 4. The van der Waals surface area contributed by atoms with Crippen LogP contribution in [0.25, 0.3) is 0 Å². The number of carbonyl (C=O) groups is 1. The number of carbonyl (C=O) groups excluding carboxylic acids is 1. The molecule has 0 amide bonds. The number of hydrogen-bond donors (Lipinski definition) is 0. The maximum atomic E-state index is 11.4. The second-order valence-corrected chi connectivity index (χ2v) is 4.72. The summed E-state index contributed by atoms with van der Waals surface area (Å²) in [5.74, 6) is -0.00435. The van der Waals surface area contributed by atoms with E-state index in [1.54, 1.807) is 18.2 Å². The van der Waals surface area contributed by atoms with Crippen LogP contribution in [-0.4, -0.2) is 26.7 Å². The Morgan fingerprint density at radius 1 is 1.00 bits per heavy atom. The normalized spacial score (nSPS) is 17.3. The molecule has 0 fully saturated rings. The van der Waals surface area contributed by atoms with Crippen LogP contribution in [0.4, 0.5) is 0 Å². The Morgan fingerprint density at radius 2 is 1.73 bits per heavy atom. The minimum absolute atomic E-state index is 0.00435. The Hall–Kier alpha value is -1.44. The molecule has 0 radical (unpaired) electrons. The van der Waals surface area contributed by atoms with E-state index in [0.29, 0.717) is 5.71 Å². The molecule has 1 aliphatic carbocycles. The van der Waals surface area contributed by atoms with Crippen molar-refractivity contribution in [2.24, 2.45) is 4.01 Å². The molecule has 0 spiro atoms. The number of nitrogens with zero attached hydrogens (tertiary/aromatic N) is 1. The molecule has 0 N–H and O–H groups in total. The number of hydrogen-bond acceptors (Lipinski definition) is 2. The van der Waals surface area contributed by atoms with Crippen molar-refractivity contribution >= 4 is 31.1 Å². The molecule has 74 valence electrons. The summed E-state index contributed by atoms with van der Waals surface area (Å²) >= 11 is -0.0121. The Kier molecular flexibility index (Phi) is 3.28. The van der Waals surface area contributed by atoms with Gasteiger partial charge in [0.15, 0.2) is 0 Å². The quantitative estimate of drug-likeness (QED) is 0.579. The van der Waals surface area contributed by atoms with E-state index in [1.807, 2.05) is 36.4 Å². The van der Waals surface area contributed by atoms with Gasteiger partial charge in [0, 0.05) is 0 Å². The van der Waals surface area contributed by atoms with E-state index in [4.69, 9.17) is 0 Å². The third-order valence-electron chi connectivity index (χ3n) is 1.86. The first-order valence-corrected chi connectivity index (χ1v) is 6.18. The van der Waals surface area contributed by atoms with E-state index < -0.39 is 0 Å². The molecule has 2 nitrogen and oxygen atoms in total. The second-order valence-electron chi connectivity index (χ2n) is 2.96. The molecule has 3 heteroatoms. The van der Waals surface area contributed by atoms with Crippen LogP contribution in [0.3, 0.4) is 0 Å². The number of ketones is 1. The third-order valence-corrected chi connectivity index (χ3v) is 3.48. The predicted octanol–water partition coefficient (Wildman–Crippen LogP) is 1.07. The summed E-state index contributed by atoms with van der Waals surface area (Å²) < 4.78 is 5.50. The van der Waals surface area contributed by atoms with E-state index in [9.17, 15) is 4.79 Å². The molecule has 0 unspecified atom stereocenters. The van der Waals surface area contributed by atoms with Gasteiger partial charge in [-0.3, -0.25) is 0 Å². The van der Waals surface area contributed by atoms with E-state index in [-0.39, 0.29) is 21.0 Å². The van der Waals surface area contributed by atoms with Crippen molar-refractivity contribution in [2.45, 2.75) is 0 Å². The van der Waals surface area contributed by atoms with Crippen molar-refractivity contribution in [2.75, 3.05) is 0 Å². The third kappa shape index (κ3) is 2.75. The molecule has 1 aromatic carbocycles. The van der Waals surface area contributed by atoms with Crippen molar-refractivity contribution in [3.8, 4) is 0 Å². The Balaban J connectivity index is 2.09. The van der Waals surface area contributed by atoms with Crippen molar-refractivity contribution in [3.63, 3.8) is 0 Å². The van der Waals surface area contributed by atoms with Gasteiger partial charge in [-0.25, -0.2) is 0 Å². The molecule has 1 aromatic rings. The van der Waals surface area contributed by atoms with Gasteiger partial charge in [0.2, 0.25) is 0 Å². The monoisotopic (exact) mass is 263 g/mol. The van der Waals surface area contributed by atoms with Gasteiger partial charge in [-0.15, -0.1) is 0 Å². The number of benzene rings is 1. The van der Waals surface area contributed by atoms with Crippen molar-refractivity contribution in [1.82, 2.24) is 0 Å². The summed E-state index contributed by atoms with van der Waals surface area (Å²) in [7, 11) is 0. The van der Waals surface area contributed by atoms with Crippen LogP contribution >= 0.6 is 0 Å². The average Bonchev–Trinajstić information content (AvgIpc) is 2.29.